The van der Waals surface area contributed by atoms with Crippen LogP contribution in [0.4, 0.5) is 0 Å². The molecule has 2 aliphatic heterocycles. The standard InChI is InChI=1S/C22H29N3O2S/c1-2-16-5-6-18(23-10-16)12-25-8-7-19-20(15-28-21(19)13-25)22(26)24-11-17-4-3-9-27-14-17/h5-6,10,15,17H,2-4,7-9,11-14H2,1H3,(H,24,26). The molecule has 150 valence electrons. The molecule has 4 rings (SSSR count). The molecule has 1 atom stereocenters. The van der Waals surface area contributed by atoms with E-state index in [-0.39, 0.29) is 5.91 Å². The molecule has 1 fully saturated rings. The predicted molar refractivity (Wildman–Crippen MR) is 112 cm³/mol. The molecule has 1 unspecified atom stereocenters. The van der Waals surface area contributed by atoms with Crippen LogP contribution in [0.1, 0.15) is 51.8 Å². The van der Waals surface area contributed by atoms with E-state index in [1.165, 1.54) is 16.0 Å². The van der Waals surface area contributed by atoms with Crippen molar-refractivity contribution in [3.05, 3.63) is 51.0 Å². The first-order valence-corrected chi connectivity index (χ1v) is 11.2. The minimum atomic E-state index is 0.0772. The molecule has 28 heavy (non-hydrogen) atoms. The predicted octanol–water partition coefficient (Wildman–Crippen LogP) is 3.42. The van der Waals surface area contributed by atoms with E-state index < -0.39 is 0 Å². The highest BCUT2D eigenvalue weighted by Gasteiger charge is 2.24. The van der Waals surface area contributed by atoms with Crippen molar-refractivity contribution in [2.24, 2.45) is 5.92 Å². The van der Waals surface area contributed by atoms with Crippen molar-refractivity contribution < 1.29 is 9.53 Å². The number of pyridine rings is 1. The largest absolute Gasteiger partial charge is 0.381 e. The Bertz CT molecular complexity index is 797. The van der Waals surface area contributed by atoms with E-state index in [1.54, 1.807) is 11.3 Å². The van der Waals surface area contributed by atoms with Crippen LogP contribution in [0.25, 0.3) is 0 Å². The third-order valence-electron chi connectivity index (χ3n) is 5.76. The molecule has 0 spiro atoms. The Morgan fingerprint density at radius 2 is 2.36 bits per heavy atom. The normalized spacial score (nSPS) is 20.0. The summed E-state index contributed by atoms with van der Waals surface area (Å²) in [6.07, 6.45) is 6.18. The maximum absolute atomic E-state index is 12.7. The number of nitrogens with zero attached hydrogens (tertiary/aromatic N) is 2. The second-order valence-electron chi connectivity index (χ2n) is 7.82. The summed E-state index contributed by atoms with van der Waals surface area (Å²) in [6, 6.07) is 4.30. The average Bonchev–Trinajstić information content (AvgIpc) is 3.17. The van der Waals surface area contributed by atoms with E-state index in [1.807, 2.05) is 11.6 Å². The molecule has 0 aliphatic carbocycles. The molecular formula is C22H29N3O2S. The Kier molecular flexibility index (Phi) is 6.40. The Labute approximate surface area is 171 Å². The minimum absolute atomic E-state index is 0.0772. The molecule has 2 aromatic rings. The van der Waals surface area contributed by atoms with Gasteiger partial charge in [0.2, 0.25) is 0 Å². The van der Waals surface area contributed by atoms with Gasteiger partial charge in [-0.25, -0.2) is 0 Å². The fourth-order valence-electron chi connectivity index (χ4n) is 3.99. The van der Waals surface area contributed by atoms with Gasteiger partial charge in [0.25, 0.3) is 5.91 Å². The summed E-state index contributed by atoms with van der Waals surface area (Å²) < 4.78 is 5.51. The summed E-state index contributed by atoms with van der Waals surface area (Å²) in [6.45, 7) is 7.23. The van der Waals surface area contributed by atoms with E-state index in [2.05, 4.69) is 34.3 Å². The van der Waals surface area contributed by atoms with Crippen LogP contribution in [0.2, 0.25) is 0 Å². The van der Waals surface area contributed by atoms with Gasteiger partial charge in [-0.1, -0.05) is 13.0 Å². The summed E-state index contributed by atoms with van der Waals surface area (Å²) >= 11 is 1.71. The lowest BCUT2D eigenvalue weighted by Crippen LogP contribution is -2.34. The smallest absolute Gasteiger partial charge is 0.252 e. The molecule has 4 heterocycles. The lowest BCUT2D eigenvalue weighted by molar-refractivity contribution is 0.0536. The van der Waals surface area contributed by atoms with E-state index in [4.69, 9.17) is 4.74 Å². The number of carbonyl (C=O) groups is 1. The molecule has 5 nitrogen and oxygen atoms in total. The van der Waals surface area contributed by atoms with E-state index in [0.29, 0.717) is 5.92 Å². The maximum Gasteiger partial charge on any atom is 0.252 e. The minimum Gasteiger partial charge on any atom is -0.381 e. The molecular weight excluding hydrogens is 370 g/mol. The second kappa shape index (κ2) is 9.16. The molecule has 0 saturated carbocycles. The topological polar surface area (TPSA) is 54.5 Å². The first kappa shape index (κ1) is 19.6. The zero-order valence-corrected chi connectivity index (χ0v) is 17.4. The number of thiophene rings is 1. The quantitative estimate of drug-likeness (QED) is 0.809. The first-order valence-electron chi connectivity index (χ1n) is 10.3. The highest BCUT2D eigenvalue weighted by atomic mass is 32.1. The van der Waals surface area contributed by atoms with E-state index >= 15 is 0 Å². The Morgan fingerprint density at radius 1 is 1.43 bits per heavy atom. The zero-order valence-electron chi connectivity index (χ0n) is 16.6. The maximum atomic E-state index is 12.7. The molecule has 0 bridgehead atoms. The van der Waals surface area contributed by atoms with Crippen LogP contribution >= 0.6 is 11.3 Å². The van der Waals surface area contributed by atoms with Crippen molar-refractivity contribution in [3.63, 3.8) is 0 Å². The van der Waals surface area contributed by atoms with Crippen molar-refractivity contribution in [1.29, 1.82) is 0 Å². The van der Waals surface area contributed by atoms with Crippen LogP contribution in [0.5, 0.6) is 0 Å². The summed E-state index contributed by atoms with van der Waals surface area (Å²) in [7, 11) is 0. The van der Waals surface area contributed by atoms with E-state index in [0.717, 1.165) is 76.3 Å². The number of hydrogen-bond donors (Lipinski definition) is 1. The van der Waals surface area contributed by atoms with Gasteiger partial charge in [0.1, 0.15) is 0 Å². The van der Waals surface area contributed by atoms with Crippen molar-refractivity contribution in [3.8, 4) is 0 Å². The zero-order chi connectivity index (χ0) is 19.3. The number of nitrogens with one attached hydrogen (secondary N) is 1. The van der Waals surface area contributed by atoms with Gasteiger partial charge in [0.05, 0.1) is 17.9 Å². The molecule has 0 aromatic carbocycles. The molecule has 1 N–H and O–H groups in total. The lowest BCUT2D eigenvalue weighted by Gasteiger charge is -2.27. The van der Waals surface area contributed by atoms with Crippen LogP contribution in [-0.2, 0) is 30.7 Å². The highest BCUT2D eigenvalue weighted by molar-refractivity contribution is 7.10. The van der Waals surface area contributed by atoms with Crippen molar-refractivity contribution in [2.75, 3.05) is 26.3 Å². The Morgan fingerprint density at radius 3 is 3.11 bits per heavy atom. The Balaban J connectivity index is 1.33. The molecule has 2 aromatic heterocycles. The number of fused-ring (bicyclic) bond motifs is 1. The van der Waals surface area contributed by atoms with Gasteiger partial charge in [-0.05, 0) is 48.8 Å². The summed E-state index contributed by atoms with van der Waals surface area (Å²) in [5, 5.41) is 5.17. The molecule has 0 radical (unpaired) electrons. The van der Waals surface area contributed by atoms with Gasteiger partial charge >= 0.3 is 0 Å². The number of aromatic nitrogens is 1. The Hall–Kier alpha value is -1.76. The lowest BCUT2D eigenvalue weighted by atomic mass is 10.0. The van der Waals surface area contributed by atoms with Gasteiger partial charge in [0.15, 0.2) is 0 Å². The van der Waals surface area contributed by atoms with Gasteiger partial charge in [0, 0.05) is 49.2 Å². The van der Waals surface area contributed by atoms with Crippen molar-refractivity contribution in [2.45, 2.75) is 45.7 Å². The molecule has 1 amide bonds. The average molecular weight is 400 g/mol. The van der Waals surface area contributed by atoms with Crippen molar-refractivity contribution >= 4 is 17.2 Å². The monoisotopic (exact) mass is 399 g/mol. The summed E-state index contributed by atoms with van der Waals surface area (Å²) in [5.41, 5.74) is 4.51. The van der Waals surface area contributed by atoms with Crippen molar-refractivity contribution in [1.82, 2.24) is 15.2 Å². The van der Waals surface area contributed by atoms with Crippen LogP contribution in [0, 0.1) is 5.92 Å². The van der Waals surface area contributed by atoms with Gasteiger partial charge in [-0.2, -0.15) is 0 Å². The second-order valence-corrected chi connectivity index (χ2v) is 8.78. The number of amides is 1. The number of ether oxygens (including phenoxy) is 1. The van der Waals surface area contributed by atoms with E-state index in [9.17, 15) is 4.79 Å². The third-order valence-corrected chi connectivity index (χ3v) is 6.77. The molecule has 6 heteroatoms. The van der Waals surface area contributed by atoms with Crippen LogP contribution in [-0.4, -0.2) is 42.1 Å². The number of carbonyl (C=O) groups excluding carboxylic acids is 1. The summed E-state index contributed by atoms with van der Waals surface area (Å²) in [4.78, 5) is 21.0. The number of aryl methyl sites for hydroxylation is 1. The molecule has 1 saturated heterocycles. The number of rotatable bonds is 6. The fraction of sp³-hybridized carbons (Fsp3) is 0.545. The van der Waals surface area contributed by atoms with Crippen LogP contribution in [0.3, 0.4) is 0 Å². The van der Waals surface area contributed by atoms with Gasteiger partial charge in [-0.15, -0.1) is 11.3 Å². The van der Waals surface area contributed by atoms with Crippen LogP contribution in [0.15, 0.2) is 23.7 Å². The van der Waals surface area contributed by atoms with Gasteiger partial charge in [-0.3, -0.25) is 14.7 Å². The SMILES string of the molecule is CCc1ccc(CN2CCc3c(C(=O)NCC4CCCOC4)csc3C2)nc1. The summed E-state index contributed by atoms with van der Waals surface area (Å²) in [5.74, 6) is 0.530. The van der Waals surface area contributed by atoms with Crippen LogP contribution < -0.4 is 5.32 Å². The number of hydrogen-bond acceptors (Lipinski definition) is 5. The van der Waals surface area contributed by atoms with Gasteiger partial charge < -0.3 is 10.1 Å². The molecule has 2 aliphatic rings. The fourth-order valence-corrected chi connectivity index (χ4v) is 5.12. The first-order chi connectivity index (χ1) is 13.7. The third kappa shape index (κ3) is 4.62. The highest BCUT2D eigenvalue weighted by Crippen LogP contribution is 2.29.